The lowest BCUT2D eigenvalue weighted by atomic mass is 9.71. The Kier molecular flexibility index (Phi) is 4.89. The Balaban J connectivity index is 1.37. The van der Waals surface area contributed by atoms with Gasteiger partial charge in [0.25, 0.3) is 5.91 Å². The van der Waals surface area contributed by atoms with Gasteiger partial charge in [0.05, 0.1) is 0 Å². The highest BCUT2D eigenvalue weighted by Crippen LogP contribution is 2.49. The van der Waals surface area contributed by atoms with Gasteiger partial charge in [0.15, 0.2) is 11.5 Å². The van der Waals surface area contributed by atoms with Crippen LogP contribution in [0.1, 0.15) is 59.1 Å². The number of aromatic amines is 1. The number of benzene rings is 1. The molecule has 1 unspecified atom stereocenters. The van der Waals surface area contributed by atoms with Gasteiger partial charge in [-0.2, -0.15) is 5.10 Å². The number of amides is 1. The fourth-order valence-electron chi connectivity index (χ4n) is 4.92. The van der Waals surface area contributed by atoms with Crippen molar-refractivity contribution in [1.29, 1.82) is 0 Å². The van der Waals surface area contributed by atoms with Crippen LogP contribution in [0.3, 0.4) is 0 Å². The van der Waals surface area contributed by atoms with E-state index in [4.69, 9.17) is 9.51 Å². The molecule has 1 atom stereocenters. The molecular weight excluding hydrogens is 392 g/mol. The Morgan fingerprint density at radius 1 is 1.26 bits per heavy atom. The van der Waals surface area contributed by atoms with E-state index >= 15 is 0 Å². The van der Waals surface area contributed by atoms with Crippen LogP contribution in [0, 0.1) is 12.3 Å². The van der Waals surface area contributed by atoms with E-state index in [1.165, 1.54) is 5.56 Å². The molecule has 0 radical (unpaired) electrons. The summed E-state index contributed by atoms with van der Waals surface area (Å²) in [6.07, 6.45) is 0. The van der Waals surface area contributed by atoms with Crippen molar-refractivity contribution in [1.82, 2.24) is 30.1 Å². The standard InChI is InChI=1S/C23H28N6O2/c1-15(2)20-24-21(26-25-20)18-11-28(10-17-7-5-4-6-8-17)12-23(18)13-29(14-23)22(30)19-9-16(3)31-27-19/h4-9,15,18H,10-14H2,1-3H3,(H,24,25,26). The van der Waals surface area contributed by atoms with Gasteiger partial charge in [-0.25, -0.2) is 4.98 Å². The van der Waals surface area contributed by atoms with E-state index in [0.717, 1.165) is 31.3 Å². The zero-order valence-electron chi connectivity index (χ0n) is 18.2. The highest BCUT2D eigenvalue weighted by Gasteiger charge is 2.57. The summed E-state index contributed by atoms with van der Waals surface area (Å²) in [7, 11) is 0. The molecule has 0 saturated carbocycles. The van der Waals surface area contributed by atoms with Crippen LogP contribution in [0.25, 0.3) is 0 Å². The van der Waals surface area contributed by atoms with Crippen molar-refractivity contribution in [3.8, 4) is 0 Å². The lowest BCUT2D eigenvalue weighted by Gasteiger charge is -2.50. The Morgan fingerprint density at radius 2 is 2.03 bits per heavy atom. The predicted molar refractivity (Wildman–Crippen MR) is 115 cm³/mol. The molecule has 2 aliphatic heterocycles. The van der Waals surface area contributed by atoms with Gasteiger partial charge in [-0.1, -0.05) is 49.3 Å². The van der Waals surface area contributed by atoms with E-state index in [0.29, 0.717) is 24.5 Å². The van der Waals surface area contributed by atoms with Gasteiger partial charge in [-0.3, -0.25) is 14.8 Å². The van der Waals surface area contributed by atoms with Crippen LogP contribution in [-0.2, 0) is 6.54 Å². The third-order valence-corrected chi connectivity index (χ3v) is 6.48. The highest BCUT2D eigenvalue weighted by atomic mass is 16.5. The van der Waals surface area contributed by atoms with E-state index in [-0.39, 0.29) is 23.2 Å². The van der Waals surface area contributed by atoms with Crippen molar-refractivity contribution in [2.75, 3.05) is 26.2 Å². The maximum absolute atomic E-state index is 12.8. The summed E-state index contributed by atoms with van der Waals surface area (Å²) in [4.78, 5) is 22.0. The number of aromatic nitrogens is 4. The number of rotatable bonds is 5. The second-order valence-electron chi connectivity index (χ2n) is 9.29. The van der Waals surface area contributed by atoms with Crippen LogP contribution < -0.4 is 0 Å². The third-order valence-electron chi connectivity index (χ3n) is 6.48. The molecule has 1 N–H and O–H groups in total. The summed E-state index contributed by atoms with van der Waals surface area (Å²) in [6.45, 7) is 10.1. The zero-order valence-corrected chi connectivity index (χ0v) is 18.2. The van der Waals surface area contributed by atoms with Crippen LogP contribution in [-0.4, -0.2) is 62.2 Å². The first kappa shape index (κ1) is 19.9. The molecule has 0 aliphatic carbocycles. The quantitative estimate of drug-likeness (QED) is 0.682. The van der Waals surface area contributed by atoms with Crippen LogP contribution in [0.2, 0.25) is 0 Å². The smallest absolute Gasteiger partial charge is 0.276 e. The average Bonchev–Trinajstić information content (AvgIpc) is 3.45. The second kappa shape index (κ2) is 7.60. The van der Waals surface area contributed by atoms with Crippen molar-refractivity contribution in [3.05, 3.63) is 65.1 Å². The van der Waals surface area contributed by atoms with E-state index in [1.807, 2.05) is 11.0 Å². The molecule has 0 bridgehead atoms. The molecule has 1 aromatic carbocycles. The molecule has 3 aromatic rings. The Bertz CT molecular complexity index is 1070. The molecule has 4 heterocycles. The number of likely N-dealkylation sites (tertiary alicyclic amines) is 2. The van der Waals surface area contributed by atoms with Gasteiger partial charge in [-0.05, 0) is 12.5 Å². The minimum atomic E-state index is -0.0665. The minimum Gasteiger partial charge on any atom is -0.361 e. The van der Waals surface area contributed by atoms with Crippen LogP contribution >= 0.6 is 0 Å². The van der Waals surface area contributed by atoms with Gasteiger partial charge in [0.2, 0.25) is 0 Å². The number of hydrogen-bond acceptors (Lipinski definition) is 6. The second-order valence-corrected chi connectivity index (χ2v) is 9.29. The van der Waals surface area contributed by atoms with Crippen molar-refractivity contribution in [2.24, 2.45) is 5.41 Å². The summed E-state index contributed by atoms with van der Waals surface area (Å²) in [5.41, 5.74) is 1.64. The highest BCUT2D eigenvalue weighted by molar-refractivity contribution is 5.93. The monoisotopic (exact) mass is 420 g/mol. The van der Waals surface area contributed by atoms with Crippen LogP contribution in [0.5, 0.6) is 0 Å². The maximum atomic E-state index is 12.8. The van der Waals surface area contributed by atoms with E-state index in [9.17, 15) is 4.79 Å². The molecule has 2 saturated heterocycles. The van der Waals surface area contributed by atoms with E-state index in [1.54, 1.807) is 13.0 Å². The molecule has 162 valence electrons. The van der Waals surface area contributed by atoms with Crippen molar-refractivity contribution in [3.63, 3.8) is 0 Å². The van der Waals surface area contributed by atoms with Gasteiger partial charge < -0.3 is 9.42 Å². The first-order valence-electron chi connectivity index (χ1n) is 10.8. The summed E-state index contributed by atoms with van der Waals surface area (Å²) in [6, 6.07) is 12.2. The molecule has 31 heavy (non-hydrogen) atoms. The van der Waals surface area contributed by atoms with Gasteiger partial charge in [0, 0.05) is 56.0 Å². The normalized spacial score (nSPS) is 20.5. The SMILES string of the molecule is Cc1cc(C(=O)N2CC3(CN(Cc4ccccc4)CC3c3nc(C(C)C)n[nH]3)C2)no1. The van der Waals surface area contributed by atoms with Crippen LogP contribution in [0.4, 0.5) is 0 Å². The number of H-pyrrole nitrogens is 1. The number of carbonyl (C=O) groups excluding carboxylic acids is 1. The number of nitrogens with one attached hydrogen (secondary N) is 1. The molecule has 8 heteroatoms. The number of aryl methyl sites for hydroxylation is 1. The van der Waals surface area contributed by atoms with Crippen molar-refractivity contribution in [2.45, 2.75) is 39.2 Å². The lowest BCUT2D eigenvalue weighted by molar-refractivity contribution is 0.00109. The first-order chi connectivity index (χ1) is 14.9. The van der Waals surface area contributed by atoms with Crippen molar-refractivity contribution < 1.29 is 9.32 Å². The molecular formula is C23H28N6O2. The molecule has 2 aliphatic rings. The zero-order chi connectivity index (χ0) is 21.6. The summed E-state index contributed by atoms with van der Waals surface area (Å²) in [5, 5.41) is 11.5. The fraction of sp³-hybridized carbons (Fsp3) is 0.478. The molecule has 5 rings (SSSR count). The fourth-order valence-corrected chi connectivity index (χ4v) is 4.92. The molecule has 2 aromatic heterocycles. The van der Waals surface area contributed by atoms with Crippen LogP contribution in [0.15, 0.2) is 40.9 Å². The molecule has 1 spiro atoms. The number of carbonyl (C=O) groups is 1. The Morgan fingerprint density at radius 3 is 2.68 bits per heavy atom. The van der Waals surface area contributed by atoms with Gasteiger partial charge in [0.1, 0.15) is 11.6 Å². The Labute approximate surface area is 181 Å². The van der Waals surface area contributed by atoms with Gasteiger partial charge >= 0.3 is 0 Å². The van der Waals surface area contributed by atoms with Gasteiger partial charge in [-0.15, -0.1) is 0 Å². The number of nitrogens with zero attached hydrogens (tertiary/aromatic N) is 5. The molecule has 1 amide bonds. The molecule has 2 fully saturated rings. The largest absolute Gasteiger partial charge is 0.361 e. The summed E-state index contributed by atoms with van der Waals surface area (Å²) >= 11 is 0. The average molecular weight is 421 g/mol. The topological polar surface area (TPSA) is 91.2 Å². The third kappa shape index (κ3) is 3.65. The summed E-state index contributed by atoms with van der Waals surface area (Å²) in [5.74, 6) is 2.84. The summed E-state index contributed by atoms with van der Waals surface area (Å²) < 4.78 is 5.09. The minimum absolute atomic E-state index is 0.0308. The van der Waals surface area contributed by atoms with E-state index < -0.39 is 0 Å². The number of hydrogen-bond donors (Lipinski definition) is 1. The lowest BCUT2D eigenvalue weighted by Crippen LogP contribution is -2.61. The maximum Gasteiger partial charge on any atom is 0.276 e. The first-order valence-corrected chi connectivity index (χ1v) is 10.8. The molecule has 8 nitrogen and oxygen atoms in total. The van der Waals surface area contributed by atoms with E-state index in [2.05, 4.69) is 58.4 Å². The Hall–Kier alpha value is -3.00. The predicted octanol–water partition coefficient (Wildman–Crippen LogP) is 2.97. The van der Waals surface area contributed by atoms with Crippen molar-refractivity contribution >= 4 is 5.91 Å².